The second-order valence-electron chi connectivity index (χ2n) is 3.40. The molecule has 2 heterocycles. The minimum atomic E-state index is -0.107. The van der Waals surface area contributed by atoms with Gasteiger partial charge < -0.3 is 15.4 Å². The summed E-state index contributed by atoms with van der Waals surface area (Å²) in [5.41, 5.74) is 6.01. The number of aliphatic hydroxyl groups excluding tert-OH is 1. The normalized spacial score (nSPS) is 23.5. The maximum Gasteiger partial charge on any atom is 0.120 e. The molecule has 2 aliphatic rings. The lowest BCUT2D eigenvalue weighted by molar-refractivity contribution is 0.0931. The number of nitrogens with one attached hydrogen (secondary N) is 2. The second-order valence-corrected chi connectivity index (χ2v) is 3.40. The quantitative estimate of drug-likeness (QED) is 0.529. The molecule has 2 aliphatic heterocycles. The Morgan fingerprint density at radius 2 is 2.15 bits per heavy atom. The Morgan fingerprint density at radius 3 is 2.77 bits per heavy atom. The molecule has 2 rings (SSSR count). The first kappa shape index (κ1) is 8.44. The second kappa shape index (κ2) is 3.70. The van der Waals surface area contributed by atoms with Crippen LogP contribution in [-0.4, -0.2) is 29.2 Å². The van der Waals surface area contributed by atoms with E-state index in [1.54, 1.807) is 0 Å². The molecule has 0 unspecified atom stereocenters. The van der Waals surface area contributed by atoms with Gasteiger partial charge in [-0.25, -0.2) is 0 Å². The molecule has 13 heavy (non-hydrogen) atoms. The number of hydrogen-bond acceptors (Lipinski definition) is 4. The third kappa shape index (κ3) is 1.95. The smallest absolute Gasteiger partial charge is 0.120 e. The first-order valence-electron chi connectivity index (χ1n) is 4.67. The Balaban J connectivity index is 1.93. The van der Waals surface area contributed by atoms with Gasteiger partial charge in [-0.15, -0.1) is 0 Å². The van der Waals surface area contributed by atoms with Crippen molar-refractivity contribution in [2.45, 2.75) is 18.9 Å². The average Bonchev–Trinajstić information content (AvgIpc) is 2.20. The van der Waals surface area contributed by atoms with Gasteiger partial charge in [-0.2, -0.15) is 0 Å². The average molecular weight is 181 g/mol. The van der Waals surface area contributed by atoms with Crippen LogP contribution in [-0.2, 0) is 0 Å². The standard InChI is InChI=1S/C9H15N3O/c13-8-3-6-12(7-4-8)9-2-1-5-10-11-9/h1-2,5,8,10-11,13H,3-4,6-7H2. The van der Waals surface area contributed by atoms with E-state index >= 15 is 0 Å². The van der Waals surface area contributed by atoms with Crippen LogP contribution >= 0.6 is 0 Å². The number of allylic oxidation sites excluding steroid dienone is 2. The zero-order valence-corrected chi connectivity index (χ0v) is 7.53. The predicted molar refractivity (Wildman–Crippen MR) is 50.3 cm³/mol. The highest BCUT2D eigenvalue weighted by atomic mass is 16.3. The summed E-state index contributed by atoms with van der Waals surface area (Å²) in [4.78, 5) is 2.24. The summed E-state index contributed by atoms with van der Waals surface area (Å²) in [5.74, 6) is 1.09. The number of hydrogen-bond donors (Lipinski definition) is 3. The zero-order valence-electron chi connectivity index (χ0n) is 7.53. The van der Waals surface area contributed by atoms with Gasteiger partial charge in [0.2, 0.25) is 0 Å². The van der Waals surface area contributed by atoms with Crippen molar-refractivity contribution in [2.24, 2.45) is 0 Å². The lowest BCUT2D eigenvalue weighted by atomic mass is 10.1. The van der Waals surface area contributed by atoms with Gasteiger partial charge in [0.15, 0.2) is 0 Å². The highest BCUT2D eigenvalue weighted by Crippen LogP contribution is 2.14. The van der Waals surface area contributed by atoms with Crippen LogP contribution in [0, 0.1) is 0 Å². The summed E-state index contributed by atoms with van der Waals surface area (Å²) >= 11 is 0. The molecule has 0 radical (unpaired) electrons. The molecule has 0 aromatic rings. The molecule has 4 nitrogen and oxygen atoms in total. The molecule has 0 bridgehead atoms. The van der Waals surface area contributed by atoms with Crippen LogP contribution in [0.3, 0.4) is 0 Å². The van der Waals surface area contributed by atoms with E-state index in [0.717, 1.165) is 31.8 Å². The largest absolute Gasteiger partial charge is 0.393 e. The third-order valence-corrected chi connectivity index (χ3v) is 2.44. The number of hydrazine groups is 1. The number of rotatable bonds is 1. The monoisotopic (exact) mass is 181 g/mol. The maximum absolute atomic E-state index is 9.33. The minimum Gasteiger partial charge on any atom is -0.393 e. The molecule has 0 aliphatic carbocycles. The highest BCUT2D eigenvalue weighted by molar-refractivity contribution is 5.13. The van der Waals surface area contributed by atoms with Crippen LogP contribution in [0.25, 0.3) is 0 Å². The van der Waals surface area contributed by atoms with Crippen molar-refractivity contribution in [3.63, 3.8) is 0 Å². The van der Waals surface area contributed by atoms with Crippen molar-refractivity contribution in [2.75, 3.05) is 13.1 Å². The number of piperidine rings is 1. The van der Waals surface area contributed by atoms with Crippen molar-refractivity contribution in [3.8, 4) is 0 Å². The van der Waals surface area contributed by atoms with E-state index in [4.69, 9.17) is 0 Å². The third-order valence-electron chi connectivity index (χ3n) is 2.44. The van der Waals surface area contributed by atoms with Crippen molar-refractivity contribution < 1.29 is 5.11 Å². The summed E-state index contributed by atoms with van der Waals surface area (Å²) < 4.78 is 0. The van der Waals surface area contributed by atoms with Crippen molar-refractivity contribution in [1.82, 2.24) is 15.8 Å². The van der Waals surface area contributed by atoms with Gasteiger partial charge >= 0.3 is 0 Å². The molecule has 1 saturated heterocycles. The lowest BCUT2D eigenvalue weighted by Gasteiger charge is -2.34. The molecule has 0 aromatic carbocycles. The van der Waals surface area contributed by atoms with Crippen LogP contribution in [0.2, 0.25) is 0 Å². The zero-order chi connectivity index (χ0) is 9.10. The van der Waals surface area contributed by atoms with Gasteiger partial charge in [0.1, 0.15) is 5.82 Å². The lowest BCUT2D eigenvalue weighted by Crippen LogP contribution is -2.43. The SMILES string of the molecule is OC1CCN(C2=CC=CNN2)CC1. The Hall–Kier alpha value is -1.16. The van der Waals surface area contributed by atoms with Crippen LogP contribution in [0.5, 0.6) is 0 Å². The Bertz CT molecular complexity index is 229. The topological polar surface area (TPSA) is 47.5 Å². The first-order chi connectivity index (χ1) is 6.36. The van der Waals surface area contributed by atoms with Crippen LogP contribution < -0.4 is 10.9 Å². The Kier molecular flexibility index (Phi) is 2.40. The van der Waals surface area contributed by atoms with E-state index in [-0.39, 0.29) is 6.10 Å². The van der Waals surface area contributed by atoms with Crippen molar-refractivity contribution in [3.05, 3.63) is 24.2 Å². The molecule has 0 amide bonds. The van der Waals surface area contributed by atoms with E-state index in [1.165, 1.54) is 0 Å². The molecule has 72 valence electrons. The Labute approximate surface area is 77.9 Å². The Morgan fingerprint density at radius 1 is 1.38 bits per heavy atom. The van der Waals surface area contributed by atoms with Crippen LogP contribution in [0.15, 0.2) is 24.2 Å². The molecule has 0 atom stereocenters. The molecule has 4 heteroatoms. The number of aliphatic hydroxyl groups is 1. The molecule has 0 aromatic heterocycles. The maximum atomic E-state index is 9.33. The van der Waals surface area contributed by atoms with Gasteiger partial charge in [0.25, 0.3) is 0 Å². The highest BCUT2D eigenvalue weighted by Gasteiger charge is 2.18. The minimum absolute atomic E-state index is 0.107. The fraction of sp³-hybridized carbons (Fsp3) is 0.556. The van der Waals surface area contributed by atoms with Gasteiger partial charge in [0.05, 0.1) is 6.10 Å². The van der Waals surface area contributed by atoms with E-state index in [1.807, 2.05) is 18.4 Å². The first-order valence-corrected chi connectivity index (χ1v) is 4.67. The molecule has 0 saturated carbocycles. The fourth-order valence-corrected chi connectivity index (χ4v) is 1.64. The number of likely N-dealkylation sites (tertiary alicyclic amines) is 1. The molecule has 0 spiro atoms. The fourth-order valence-electron chi connectivity index (χ4n) is 1.64. The van der Waals surface area contributed by atoms with E-state index < -0.39 is 0 Å². The van der Waals surface area contributed by atoms with Gasteiger partial charge in [-0.05, 0) is 25.0 Å². The molecule has 3 N–H and O–H groups in total. The summed E-state index contributed by atoms with van der Waals surface area (Å²) in [6, 6.07) is 0. The summed E-state index contributed by atoms with van der Waals surface area (Å²) in [6.07, 6.45) is 7.47. The summed E-state index contributed by atoms with van der Waals surface area (Å²) in [5, 5.41) is 9.33. The molecular formula is C9H15N3O. The molecular weight excluding hydrogens is 166 g/mol. The predicted octanol–water partition coefficient (Wildman–Crippen LogP) is -0.0940. The van der Waals surface area contributed by atoms with Crippen LogP contribution in [0.1, 0.15) is 12.8 Å². The summed E-state index contributed by atoms with van der Waals surface area (Å²) in [7, 11) is 0. The summed E-state index contributed by atoms with van der Waals surface area (Å²) in [6.45, 7) is 1.85. The van der Waals surface area contributed by atoms with Crippen molar-refractivity contribution >= 4 is 0 Å². The van der Waals surface area contributed by atoms with Crippen molar-refractivity contribution in [1.29, 1.82) is 0 Å². The van der Waals surface area contributed by atoms with Gasteiger partial charge in [-0.3, -0.25) is 5.43 Å². The molecule has 1 fully saturated rings. The van der Waals surface area contributed by atoms with E-state index in [0.29, 0.717) is 0 Å². The van der Waals surface area contributed by atoms with Gasteiger partial charge in [-0.1, -0.05) is 0 Å². The van der Waals surface area contributed by atoms with Gasteiger partial charge in [0, 0.05) is 19.3 Å². The van der Waals surface area contributed by atoms with E-state index in [2.05, 4.69) is 15.8 Å². The van der Waals surface area contributed by atoms with Crippen LogP contribution in [0.4, 0.5) is 0 Å². The number of nitrogens with zero attached hydrogens (tertiary/aromatic N) is 1. The van der Waals surface area contributed by atoms with E-state index in [9.17, 15) is 5.11 Å².